The lowest BCUT2D eigenvalue weighted by atomic mass is 9.82. The standard InChI is InChI=1S/C23H28N2OS/c26-23(17-6-2-1-3-7-17)25-15-20(18-11-13-27-16-18)21-14-24(12-10-22(21)25)19-8-4-5-9-19/h1-3,6-7,11,13,16,19-22H,4-5,8-10,12,14-15H2/t20-,21-,22-/m0/s1. The molecule has 2 aliphatic heterocycles. The highest BCUT2D eigenvalue weighted by Gasteiger charge is 2.48. The van der Waals surface area contributed by atoms with Crippen LogP contribution in [0.1, 0.15) is 53.9 Å². The molecule has 2 saturated heterocycles. The molecule has 0 bridgehead atoms. The van der Waals surface area contributed by atoms with Gasteiger partial charge in [0.1, 0.15) is 0 Å². The summed E-state index contributed by atoms with van der Waals surface area (Å²) in [6.45, 7) is 3.19. The highest BCUT2D eigenvalue weighted by Crippen LogP contribution is 2.43. The molecule has 1 aromatic heterocycles. The smallest absolute Gasteiger partial charge is 0.254 e. The van der Waals surface area contributed by atoms with Gasteiger partial charge in [0.25, 0.3) is 5.91 Å². The number of benzene rings is 1. The molecule has 3 heterocycles. The second-order valence-electron chi connectivity index (χ2n) is 8.44. The Labute approximate surface area is 166 Å². The van der Waals surface area contributed by atoms with E-state index in [1.807, 2.05) is 30.3 Å². The summed E-state index contributed by atoms with van der Waals surface area (Å²) in [5.41, 5.74) is 2.27. The summed E-state index contributed by atoms with van der Waals surface area (Å²) in [6.07, 6.45) is 6.64. The van der Waals surface area contributed by atoms with E-state index < -0.39 is 0 Å². The Morgan fingerprint density at radius 1 is 1.00 bits per heavy atom. The molecular formula is C23H28N2OS. The highest BCUT2D eigenvalue weighted by molar-refractivity contribution is 7.08. The van der Waals surface area contributed by atoms with Crippen molar-refractivity contribution in [1.29, 1.82) is 0 Å². The maximum absolute atomic E-state index is 13.3. The van der Waals surface area contributed by atoms with Crippen LogP contribution in [0.3, 0.4) is 0 Å². The molecular weight excluding hydrogens is 352 g/mol. The van der Waals surface area contributed by atoms with Crippen LogP contribution in [0.2, 0.25) is 0 Å². The first-order valence-corrected chi connectivity index (χ1v) is 11.4. The maximum atomic E-state index is 13.3. The second-order valence-corrected chi connectivity index (χ2v) is 9.22. The van der Waals surface area contributed by atoms with Crippen molar-refractivity contribution in [2.45, 2.75) is 50.1 Å². The molecule has 142 valence electrons. The molecule has 1 aromatic carbocycles. The summed E-state index contributed by atoms with van der Waals surface area (Å²) in [4.78, 5) is 18.2. The molecule has 3 atom stereocenters. The summed E-state index contributed by atoms with van der Waals surface area (Å²) >= 11 is 1.78. The lowest BCUT2D eigenvalue weighted by Gasteiger charge is -2.41. The van der Waals surface area contributed by atoms with Crippen molar-refractivity contribution in [2.24, 2.45) is 5.92 Å². The van der Waals surface area contributed by atoms with Gasteiger partial charge in [-0.15, -0.1) is 0 Å². The molecule has 27 heavy (non-hydrogen) atoms. The number of thiophene rings is 1. The minimum Gasteiger partial charge on any atom is -0.335 e. The summed E-state index contributed by atoms with van der Waals surface area (Å²) in [5, 5.41) is 4.48. The Hall–Kier alpha value is -1.65. The fraction of sp³-hybridized carbons (Fsp3) is 0.522. The van der Waals surface area contributed by atoms with Gasteiger partial charge in [0.05, 0.1) is 0 Å². The Balaban J connectivity index is 1.41. The fourth-order valence-corrected chi connectivity index (χ4v) is 6.41. The zero-order valence-electron chi connectivity index (χ0n) is 15.8. The van der Waals surface area contributed by atoms with Crippen LogP contribution in [0.15, 0.2) is 47.2 Å². The third-order valence-electron chi connectivity index (χ3n) is 7.06. The molecule has 0 unspecified atom stereocenters. The molecule has 4 heteroatoms. The third kappa shape index (κ3) is 3.23. The van der Waals surface area contributed by atoms with Gasteiger partial charge in [-0.2, -0.15) is 11.3 Å². The lowest BCUT2D eigenvalue weighted by Crippen LogP contribution is -2.50. The van der Waals surface area contributed by atoms with E-state index in [0.717, 1.165) is 37.7 Å². The van der Waals surface area contributed by atoms with Gasteiger partial charge in [-0.05, 0) is 53.8 Å². The van der Waals surface area contributed by atoms with E-state index in [1.165, 1.54) is 31.2 Å². The van der Waals surface area contributed by atoms with Gasteiger partial charge in [-0.1, -0.05) is 31.0 Å². The summed E-state index contributed by atoms with van der Waals surface area (Å²) in [5.74, 6) is 1.28. The van der Waals surface area contributed by atoms with Crippen molar-refractivity contribution >= 4 is 17.2 Å². The minimum absolute atomic E-state index is 0.220. The Morgan fingerprint density at radius 3 is 2.56 bits per heavy atom. The van der Waals surface area contributed by atoms with E-state index in [-0.39, 0.29) is 5.91 Å². The van der Waals surface area contributed by atoms with Crippen LogP contribution >= 0.6 is 11.3 Å². The van der Waals surface area contributed by atoms with Gasteiger partial charge in [0.15, 0.2) is 0 Å². The summed E-state index contributed by atoms with van der Waals surface area (Å²) in [7, 11) is 0. The Morgan fingerprint density at radius 2 is 1.81 bits per heavy atom. The van der Waals surface area contributed by atoms with Gasteiger partial charge >= 0.3 is 0 Å². The largest absolute Gasteiger partial charge is 0.335 e. The number of nitrogens with zero attached hydrogens (tertiary/aromatic N) is 2. The number of likely N-dealkylation sites (tertiary alicyclic amines) is 2. The molecule has 0 radical (unpaired) electrons. The lowest BCUT2D eigenvalue weighted by molar-refractivity contribution is 0.0556. The van der Waals surface area contributed by atoms with E-state index >= 15 is 0 Å². The number of carbonyl (C=O) groups is 1. The Kier molecular flexibility index (Phi) is 4.78. The van der Waals surface area contributed by atoms with Crippen LogP contribution in [-0.2, 0) is 0 Å². The zero-order chi connectivity index (χ0) is 18.2. The number of amides is 1. The monoisotopic (exact) mass is 380 g/mol. The molecule has 5 rings (SSSR count). The van der Waals surface area contributed by atoms with Crippen molar-refractivity contribution in [3.8, 4) is 0 Å². The second kappa shape index (κ2) is 7.40. The predicted octanol–water partition coefficient (Wildman–Crippen LogP) is 4.62. The molecule has 1 aliphatic carbocycles. The van der Waals surface area contributed by atoms with Crippen LogP contribution in [0.25, 0.3) is 0 Å². The first-order valence-electron chi connectivity index (χ1n) is 10.4. The van der Waals surface area contributed by atoms with Gasteiger partial charge in [0.2, 0.25) is 0 Å². The van der Waals surface area contributed by atoms with E-state index in [1.54, 1.807) is 11.3 Å². The summed E-state index contributed by atoms with van der Waals surface area (Å²) in [6, 6.07) is 13.3. The molecule has 0 spiro atoms. The van der Waals surface area contributed by atoms with E-state index in [9.17, 15) is 4.79 Å². The molecule has 3 nitrogen and oxygen atoms in total. The van der Waals surface area contributed by atoms with Crippen molar-refractivity contribution in [1.82, 2.24) is 9.80 Å². The number of rotatable bonds is 3. The molecule has 1 saturated carbocycles. The van der Waals surface area contributed by atoms with Crippen LogP contribution < -0.4 is 0 Å². The van der Waals surface area contributed by atoms with Crippen LogP contribution in [0, 0.1) is 5.92 Å². The van der Waals surface area contributed by atoms with Gasteiger partial charge in [-0.25, -0.2) is 0 Å². The van der Waals surface area contributed by atoms with E-state index in [2.05, 4.69) is 26.6 Å². The number of hydrogen-bond acceptors (Lipinski definition) is 3. The number of piperidine rings is 1. The highest BCUT2D eigenvalue weighted by atomic mass is 32.1. The molecule has 2 aromatic rings. The quantitative estimate of drug-likeness (QED) is 0.776. The molecule has 1 amide bonds. The van der Waals surface area contributed by atoms with Crippen molar-refractivity contribution in [2.75, 3.05) is 19.6 Å². The van der Waals surface area contributed by atoms with Gasteiger partial charge < -0.3 is 4.90 Å². The molecule has 3 fully saturated rings. The van der Waals surface area contributed by atoms with Crippen molar-refractivity contribution < 1.29 is 4.79 Å². The molecule has 3 aliphatic rings. The number of hydrogen-bond donors (Lipinski definition) is 0. The number of carbonyl (C=O) groups excluding carboxylic acids is 1. The van der Waals surface area contributed by atoms with Gasteiger partial charge in [0, 0.05) is 49.1 Å². The maximum Gasteiger partial charge on any atom is 0.254 e. The fourth-order valence-electron chi connectivity index (χ4n) is 5.68. The normalized spacial score (nSPS) is 29.2. The predicted molar refractivity (Wildman–Crippen MR) is 110 cm³/mol. The molecule has 0 N–H and O–H groups in total. The van der Waals surface area contributed by atoms with Crippen molar-refractivity contribution in [3.63, 3.8) is 0 Å². The van der Waals surface area contributed by atoms with Crippen LogP contribution in [-0.4, -0.2) is 47.4 Å². The van der Waals surface area contributed by atoms with Crippen LogP contribution in [0.5, 0.6) is 0 Å². The topological polar surface area (TPSA) is 23.6 Å². The van der Waals surface area contributed by atoms with Crippen LogP contribution in [0.4, 0.5) is 0 Å². The van der Waals surface area contributed by atoms with E-state index in [4.69, 9.17) is 0 Å². The van der Waals surface area contributed by atoms with E-state index in [0.29, 0.717) is 17.9 Å². The first-order chi connectivity index (χ1) is 13.3. The number of fused-ring (bicyclic) bond motifs is 1. The summed E-state index contributed by atoms with van der Waals surface area (Å²) < 4.78 is 0. The first kappa shape index (κ1) is 17.4. The zero-order valence-corrected chi connectivity index (χ0v) is 16.6. The SMILES string of the molecule is O=C(c1ccccc1)N1C[C@@H](c2ccsc2)[C@@H]2CN(C3CCCC3)CC[C@@H]21. The average molecular weight is 381 g/mol. The third-order valence-corrected chi connectivity index (χ3v) is 7.76. The van der Waals surface area contributed by atoms with Gasteiger partial charge in [-0.3, -0.25) is 9.69 Å². The average Bonchev–Trinajstić information content (AvgIpc) is 3.47. The minimum atomic E-state index is 0.220. The van der Waals surface area contributed by atoms with Crippen molar-refractivity contribution in [3.05, 3.63) is 58.3 Å². The Bertz CT molecular complexity index is 769.